The molecule has 1 N–H and O–H groups in total. The zero-order valence-corrected chi connectivity index (χ0v) is 16.6. The van der Waals surface area contributed by atoms with Crippen molar-refractivity contribution in [2.45, 2.75) is 12.8 Å². The number of carbonyl (C=O) groups excluding carboxylic acids is 2. The second kappa shape index (κ2) is 8.75. The highest BCUT2D eigenvalue weighted by atomic mass is 32.1. The monoisotopic (exact) mass is 399 g/mol. The smallest absolute Gasteiger partial charge is 0.263 e. The maximum atomic E-state index is 12.6. The topological polar surface area (TPSA) is 61.9 Å². The number of ether oxygens (including phenoxy) is 1. The molecule has 1 aromatic heterocycles. The number of likely N-dealkylation sites (tertiary alicyclic amines) is 1. The fourth-order valence-electron chi connectivity index (χ4n) is 3.72. The van der Waals surface area contributed by atoms with E-state index in [1.165, 1.54) is 11.3 Å². The van der Waals surface area contributed by atoms with E-state index in [9.17, 15) is 9.59 Å². The summed E-state index contributed by atoms with van der Waals surface area (Å²) in [6.07, 6.45) is 1.41. The van der Waals surface area contributed by atoms with Crippen LogP contribution in [0.2, 0.25) is 0 Å². The molecule has 0 saturated carbocycles. The number of hydrogen-bond donors (Lipinski definition) is 1. The molecule has 0 aliphatic carbocycles. The van der Waals surface area contributed by atoms with Crippen molar-refractivity contribution in [1.29, 1.82) is 0 Å². The van der Waals surface area contributed by atoms with Gasteiger partial charge in [0, 0.05) is 43.5 Å². The predicted octanol–water partition coefficient (Wildman–Crippen LogP) is 3.08. The van der Waals surface area contributed by atoms with E-state index in [1.54, 1.807) is 0 Å². The largest absolute Gasteiger partial charge is 0.378 e. The second-order valence-electron chi connectivity index (χ2n) is 7.18. The van der Waals surface area contributed by atoms with Gasteiger partial charge < -0.3 is 19.9 Å². The fourth-order valence-corrected chi connectivity index (χ4v) is 4.41. The lowest BCUT2D eigenvalue weighted by Gasteiger charge is -2.31. The Morgan fingerprint density at radius 2 is 1.71 bits per heavy atom. The van der Waals surface area contributed by atoms with Gasteiger partial charge in [0.2, 0.25) is 5.91 Å². The summed E-state index contributed by atoms with van der Waals surface area (Å²) >= 11 is 1.46. The lowest BCUT2D eigenvalue weighted by molar-refractivity contribution is -0.121. The van der Waals surface area contributed by atoms with E-state index in [-0.39, 0.29) is 17.7 Å². The standard InChI is InChI=1S/C21H25N3O3S/c25-20(16-7-9-24(10-8-16)21(26)19-2-1-15-28-19)22-17-3-5-18(6-4-17)23-11-13-27-14-12-23/h1-6,15-16H,7-14H2,(H,22,25). The number of amides is 2. The van der Waals surface area contributed by atoms with Gasteiger partial charge in [0.05, 0.1) is 18.1 Å². The van der Waals surface area contributed by atoms with Crippen LogP contribution >= 0.6 is 11.3 Å². The molecule has 2 fully saturated rings. The minimum Gasteiger partial charge on any atom is -0.378 e. The van der Waals surface area contributed by atoms with Gasteiger partial charge in [-0.25, -0.2) is 0 Å². The van der Waals surface area contributed by atoms with Crippen molar-refractivity contribution in [3.8, 4) is 0 Å². The Hall–Kier alpha value is -2.38. The van der Waals surface area contributed by atoms with Crippen molar-refractivity contribution in [2.24, 2.45) is 5.92 Å². The molecular weight excluding hydrogens is 374 g/mol. The van der Waals surface area contributed by atoms with Crippen LogP contribution in [0.3, 0.4) is 0 Å². The van der Waals surface area contributed by atoms with Crippen LogP contribution in [0.25, 0.3) is 0 Å². The van der Waals surface area contributed by atoms with Gasteiger partial charge in [-0.3, -0.25) is 9.59 Å². The Bertz CT molecular complexity index is 793. The SMILES string of the molecule is O=C(Nc1ccc(N2CCOCC2)cc1)C1CCN(C(=O)c2cccs2)CC1. The molecule has 0 spiro atoms. The minimum atomic E-state index is -0.0497. The van der Waals surface area contributed by atoms with Gasteiger partial charge in [-0.1, -0.05) is 6.07 Å². The number of nitrogens with zero attached hydrogens (tertiary/aromatic N) is 2. The van der Waals surface area contributed by atoms with E-state index in [4.69, 9.17) is 4.74 Å². The quantitative estimate of drug-likeness (QED) is 0.858. The minimum absolute atomic E-state index is 0.0438. The molecule has 0 radical (unpaired) electrons. The van der Waals surface area contributed by atoms with Crippen molar-refractivity contribution in [3.05, 3.63) is 46.7 Å². The Labute approximate surface area is 169 Å². The predicted molar refractivity (Wildman–Crippen MR) is 111 cm³/mol. The van der Waals surface area contributed by atoms with E-state index < -0.39 is 0 Å². The van der Waals surface area contributed by atoms with Gasteiger partial charge >= 0.3 is 0 Å². The van der Waals surface area contributed by atoms with Gasteiger partial charge in [0.1, 0.15) is 0 Å². The number of anilines is 2. The zero-order chi connectivity index (χ0) is 19.3. The first kappa shape index (κ1) is 19.0. The lowest BCUT2D eigenvalue weighted by atomic mass is 9.95. The highest BCUT2D eigenvalue weighted by molar-refractivity contribution is 7.12. The third kappa shape index (κ3) is 4.36. The zero-order valence-electron chi connectivity index (χ0n) is 15.8. The molecule has 7 heteroatoms. The first-order valence-corrected chi connectivity index (χ1v) is 10.6. The summed E-state index contributed by atoms with van der Waals surface area (Å²) < 4.78 is 5.39. The third-order valence-corrected chi connectivity index (χ3v) is 6.25. The van der Waals surface area contributed by atoms with Crippen LogP contribution in [0.1, 0.15) is 22.5 Å². The fraction of sp³-hybridized carbons (Fsp3) is 0.429. The normalized spacial score (nSPS) is 18.1. The first-order chi connectivity index (χ1) is 13.7. The van der Waals surface area contributed by atoms with E-state index in [0.717, 1.165) is 42.6 Å². The summed E-state index contributed by atoms with van der Waals surface area (Å²) in [7, 11) is 0. The number of carbonyl (C=O) groups is 2. The molecule has 2 aliphatic heterocycles. The molecule has 28 heavy (non-hydrogen) atoms. The van der Waals surface area contributed by atoms with Gasteiger partial charge in [0.25, 0.3) is 5.91 Å². The Morgan fingerprint density at radius 1 is 1.00 bits per heavy atom. The Morgan fingerprint density at radius 3 is 2.36 bits per heavy atom. The summed E-state index contributed by atoms with van der Waals surface area (Å²) in [6, 6.07) is 11.7. The molecule has 2 aromatic rings. The van der Waals surface area contributed by atoms with E-state index in [2.05, 4.69) is 10.2 Å². The summed E-state index contributed by atoms with van der Waals surface area (Å²) in [5, 5.41) is 4.94. The highest BCUT2D eigenvalue weighted by Crippen LogP contribution is 2.23. The first-order valence-electron chi connectivity index (χ1n) is 9.77. The number of rotatable bonds is 4. The molecule has 6 nitrogen and oxygen atoms in total. The molecule has 2 aliphatic rings. The molecule has 148 valence electrons. The average molecular weight is 400 g/mol. The summed E-state index contributed by atoms with van der Waals surface area (Å²) in [5.74, 6) is 0.0706. The van der Waals surface area contributed by atoms with Crippen LogP contribution in [0, 0.1) is 5.92 Å². The van der Waals surface area contributed by atoms with Crippen molar-refractivity contribution >= 4 is 34.5 Å². The molecular formula is C21H25N3O3S. The van der Waals surface area contributed by atoms with Crippen molar-refractivity contribution in [3.63, 3.8) is 0 Å². The van der Waals surface area contributed by atoms with E-state index in [0.29, 0.717) is 25.9 Å². The summed E-state index contributed by atoms with van der Waals surface area (Å²) in [6.45, 7) is 4.57. The van der Waals surface area contributed by atoms with Crippen LogP contribution < -0.4 is 10.2 Å². The molecule has 2 amide bonds. The van der Waals surface area contributed by atoms with Crippen LogP contribution in [0.4, 0.5) is 11.4 Å². The molecule has 0 unspecified atom stereocenters. The van der Waals surface area contributed by atoms with Crippen LogP contribution in [-0.4, -0.2) is 56.1 Å². The highest BCUT2D eigenvalue weighted by Gasteiger charge is 2.28. The van der Waals surface area contributed by atoms with E-state index in [1.807, 2.05) is 46.7 Å². The maximum Gasteiger partial charge on any atom is 0.263 e. The molecule has 3 heterocycles. The van der Waals surface area contributed by atoms with Gasteiger partial charge in [-0.05, 0) is 48.6 Å². The molecule has 2 saturated heterocycles. The van der Waals surface area contributed by atoms with Gasteiger partial charge in [-0.2, -0.15) is 0 Å². The average Bonchev–Trinajstić information content (AvgIpc) is 3.29. The van der Waals surface area contributed by atoms with Crippen LogP contribution in [0.5, 0.6) is 0 Å². The van der Waals surface area contributed by atoms with Crippen LogP contribution in [-0.2, 0) is 9.53 Å². The maximum absolute atomic E-state index is 12.6. The number of thiophene rings is 1. The van der Waals surface area contributed by atoms with Crippen molar-refractivity contribution in [2.75, 3.05) is 49.6 Å². The number of nitrogens with one attached hydrogen (secondary N) is 1. The Balaban J connectivity index is 1.28. The number of benzene rings is 1. The summed E-state index contributed by atoms with van der Waals surface area (Å²) in [4.78, 5) is 29.9. The Kier molecular flexibility index (Phi) is 5.92. The molecule has 1 aromatic carbocycles. The van der Waals surface area contributed by atoms with E-state index >= 15 is 0 Å². The molecule has 0 atom stereocenters. The summed E-state index contributed by atoms with van der Waals surface area (Å²) in [5.41, 5.74) is 1.97. The van der Waals surface area contributed by atoms with Gasteiger partial charge in [-0.15, -0.1) is 11.3 Å². The lowest BCUT2D eigenvalue weighted by Crippen LogP contribution is -2.41. The number of hydrogen-bond acceptors (Lipinski definition) is 5. The molecule has 4 rings (SSSR count). The third-order valence-electron chi connectivity index (χ3n) is 5.40. The molecule has 0 bridgehead atoms. The van der Waals surface area contributed by atoms with Crippen LogP contribution in [0.15, 0.2) is 41.8 Å². The second-order valence-corrected chi connectivity index (χ2v) is 8.13. The van der Waals surface area contributed by atoms with Crippen molar-refractivity contribution < 1.29 is 14.3 Å². The van der Waals surface area contributed by atoms with Crippen molar-refractivity contribution in [1.82, 2.24) is 4.90 Å². The number of morpholine rings is 1. The number of piperidine rings is 1. The van der Waals surface area contributed by atoms with Gasteiger partial charge in [0.15, 0.2) is 0 Å².